The number of rotatable bonds is 5. The molecule has 0 radical (unpaired) electrons. The van der Waals surface area contributed by atoms with Crippen molar-refractivity contribution in [2.45, 2.75) is 31.2 Å². The van der Waals surface area contributed by atoms with Gasteiger partial charge in [-0.25, -0.2) is 13.1 Å². The number of nitriles is 1. The molecule has 1 unspecified atom stereocenters. The molecule has 2 aromatic rings. The molecule has 0 aliphatic carbocycles. The van der Waals surface area contributed by atoms with Gasteiger partial charge in [0.1, 0.15) is 0 Å². The van der Waals surface area contributed by atoms with Crippen molar-refractivity contribution >= 4 is 21.4 Å². The summed E-state index contributed by atoms with van der Waals surface area (Å²) in [6.07, 6.45) is 0.648. The van der Waals surface area contributed by atoms with Crippen molar-refractivity contribution in [1.29, 1.82) is 5.26 Å². The molecule has 0 fully saturated rings. The Hall–Kier alpha value is -1.68. The lowest BCUT2D eigenvalue weighted by Crippen LogP contribution is -2.33. The van der Waals surface area contributed by atoms with Crippen LogP contribution in [0.3, 0.4) is 0 Å². The zero-order valence-corrected chi connectivity index (χ0v) is 13.5. The van der Waals surface area contributed by atoms with Crippen molar-refractivity contribution in [3.8, 4) is 6.07 Å². The first-order valence-electron chi connectivity index (χ1n) is 6.48. The van der Waals surface area contributed by atoms with Gasteiger partial charge in [0.15, 0.2) is 0 Å². The average Bonchev–Trinajstić information content (AvgIpc) is 2.83. The number of sulfonamides is 1. The van der Waals surface area contributed by atoms with Gasteiger partial charge in [-0.3, -0.25) is 0 Å². The van der Waals surface area contributed by atoms with E-state index < -0.39 is 10.0 Å². The van der Waals surface area contributed by atoms with Crippen LogP contribution in [0.15, 0.2) is 41.3 Å². The lowest BCUT2D eigenvalue weighted by molar-refractivity contribution is 0.560. The molecule has 0 amide bonds. The van der Waals surface area contributed by atoms with Crippen molar-refractivity contribution in [3.05, 3.63) is 51.7 Å². The Kier molecular flexibility index (Phi) is 4.78. The zero-order valence-electron chi connectivity index (χ0n) is 11.8. The van der Waals surface area contributed by atoms with Crippen LogP contribution in [0.5, 0.6) is 0 Å². The van der Waals surface area contributed by atoms with Crippen LogP contribution in [-0.4, -0.2) is 14.5 Å². The van der Waals surface area contributed by atoms with E-state index in [-0.39, 0.29) is 10.9 Å². The second-order valence-electron chi connectivity index (χ2n) is 4.88. The molecule has 0 aliphatic heterocycles. The number of nitrogens with zero attached hydrogens (tertiary/aromatic N) is 1. The van der Waals surface area contributed by atoms with Crippen LogP contribution in [0.1, 0.15) is 22.2 Å². The minimum atomic E-state index is -3.60. The van der Waals surface area contributed by atoms with E-state index in [9.17, 15) is 8.42 Å². The summed E-state index contributed by atoms with van der Waals surface area (Å²) in [4.78, 5) is 2.48. The van der Waals surface area contributed by atoms with Crippen molar-refractivity contribution in [1.82, 2.24) is 4.72 Å². The number of aryl methyl sites for hydroxylation is 1. The minimum absolute atomic E-state index is 0.121. The molecule has 0 aliphatic rings. The van der Waals surface area contributed by atoms with E-state index >= 15 is 0 Å². The molecule has 21 heavy (non-hydrogen) atoms. The van der Waals surface area contributed by atoms with Gasteiger partial charge in [-0.15, -0.1) is 11.3 Å². The Morgan fingerprint density at radius 3 is 2.71 bits per heavy atom. The number of nitrogens with one attached hydrogen (secondary N) is 1. The number of hydrogen-bond donors (Lipinski definition) is 1. The summed E-state index contributed by atoms with van der Waals surface area (Å²) in [6.45, 7) is 3.86. The average molecular weight is 320 g/mol. The Bertz CT molecular complexity index is 773. The number of hydrogen-bond acceptors (Lipinski definition) is 4. The van der Waals surface area contributed by atoms with Gasteiger partial charge in [-0.05, 0) is 50.6 Å². The van der Waals surface area contributed by atoms with Crippen LogP contribution in [-0.2, 0) is 16.4 Å². The third-order valence-corrected chi connectivity index (χ3v) is 5.54. The fourth-order valence-corrected chi connectivity index (χ4v) is 4.31. The zero-order chi connectivity index (χ0) is 15.5. The Balaban J connectivity index is 2.11. The van der Waals surface area contributed by atoms with E-state index in [4.69, 9.17) is 5.26 Å². The van der Waals surface area contributed by atoms with Gasteiger partial charge < -0.3 is 0 Å². The van der Waals surface area contributed by atoms with Gasteiger partial charge in [0.25, 0.3) is 0 Å². The maximum atomic E-state index is 12.3. The molecule has 1 N–H and O–H groups in total. The maximum Gasteiger partial charge on any atom is 0.240 e. The highest BCUT2D eigenvalue weighted by atomic mass is 32.2. The molecule has 110 valence electrons. The smallest absolute Gasteiger partial charge is 0.208 e. The Morgan fingerprint density at radius 1 is 1.33 bits per heavy atom. The van der Waals surface area contributed by atoms with Gasteiger partial charge in [-0.1, -0.05) is 6.07 Å². The minimum Gasteiger partial charge on any atom is -0.208 e. The first-order valence-corrected chi connectivity index (χ1v) is 8.78. The summed E-state index contributed by atoms with van der Waals surface area (Å²) in [7, 11) is -3.60. The SMILES string of the molecule is Cc1ccc(CC(C)NS(=O)(=O)c2cccc(C#N)c2)s1. The van der Waals surface area contributed by atoms with Gasteiger partial charge in [0, 0.05) is 15.8 Å². The third kappa shape index (κ3) is 4.14. The second-order valence-corrected chi connectivity index (χ2v) is 7.96. The molecule has 0 saturated heterocycles. The van der Waals surface area contributed by atoms with E-state index in [1.54, 1.807) is 23.5 Å². The molecule has 1 atom stereocenters. The van der Waals surface area contributed by atoms with E-state index in [0.717, 1.165) is 4.88 Å². The molecular formula is C15H16N2O2S2. The van der Waals surface area contributed by atoms with Gasteiger partial charge in [0.2, 0.25) is 10.0 Å². The van der Waals surface area contributed by atoms with Crippen molar-refractivity contribution < 1.29 is 8.42 Å². The van der Waals surface area contributed by atoms with Gasteiger partial charge in [-0.2, -0.15) is 5.26 Å². The van der Waals surface area contributed by atoms with Gasteiger partial charge >= 0.3 is 0 Å². The first-order chi connectivity index (χ1) is 9.90. The van der Waals surface area contributed by atoms with Crippen molar-refractivity contribution in [2.75, 3.05) is 0 Å². The first kappa shape index (κ1) is 15.7. The third-order valence-electron chi connectivity index (χ3n) is 2.93. The topological polar surface area (TPSA) is 70.0 Å². The Morgan fingerprint density at radius 2 is 2.10 bits per heavy atom. The highest BCUT2D eigenvalue weighted by Crippen LogP contribution is 2.18. The highest BCUT2D eigenvalue weighted by Gasteiger charge is 2.18. The monoisotopic (exact) mass is 320 g/mol. The molecule has 2 rings (SSSR count). The normalized spacial score (nSPS) is 12.8. The predicted octanol–water partition coefficient (Wildman–Crippen LogP) is 2.84. The second kappa shape index (κ2) is 6.39. The summed E-state index contributed by atoms with van der Waals surface area (Å²) in [5.74, 6) is 0. The van der Waals surface area contributed by atoms with Crippen molar-refractivity contribution in [3.63, 3.8) is 0 Å². The molecule has 1 aromatic heterocycles. The van der Waals surface area contributed by atoms with Crippen molar-refractivity contribution in [2.24, 2.45) is 0 Å². The van der Waals surface area contributed by atoms with Crippen LogP contribution < -0.4 is 4.72 Å². The predicted molar refractivity (Wildman–Crippen MR) is 83.7 cm³/mol. The lowest BCUT2D eigenvalue weighted by atomic mass is 10.2. The van der Waals surface area contributed by atoms with E-state index in [2.05, 4.69) is 4.72 Å². The van der Waals surface area contributed by atoms with Gasteiger partial charge in [0.05, 0.1) is 16.5 Å². The molecule has 1 heterocycles. The molecular weight excluding hydrogens is 304 g/mol. The standard InChI is InChI=1S/C15H16N2O2S2/c1-11(8-14-7-6-12(2)20-14)17-21(18,19)15-5-3-4-13(9-15)10-16/h3-7,9,11,17H,8H2,1-2H3. The summed E-state index contributed by atoms with van der Waals surface area (Å²) >= 11 is 1.67. The van der Waals surface area contributed by atoms with E-state index in [1.165, 1.54) is 17.0 Å². The van der Waals surface area contributed by atoms with Crippen LogP contribution in [0.4, 0.5) is 0 Å². The lowest BCUT2D eigenvalue weighted by Gasteiger charge is -2.13. The number of thiophene rings is 1. The largest absolute Gasteiger partial charge is 0.240 e. The summed E-state index contributed by atoms with van der Waals surface area (Å²) in [5.41, 5.74) is 0.333. The molecule has 0 saturated carbocycles. The maximum absolute atomic E-state index is 12.3. The quantitative estimate of drug-likeness (QED) is 0.921. The summed E-state index contributed by atoms with van der Waals surface area (Å²) in [6, 6.07) is 11.8. The fraction of sp³-hybridized carbons (Fsp3) is 0.267. The van der Waals surface area contributed by atoms with Crippen LogP contribution in [0, 0.1) is 18.3 Å². The fourth-order valence-electron chi connectivity index (χ4n) is 2.00. The van der Waals surface area contributed by atoms with Crippen LogP contribution >= 0.6 is 11.3 Å². The van der Waals surface area contributed by atoms with Crippen LogP contribution in [0.25, 0.3) is 0 Å². The van der Waals surface area contributed by atoms with E-state index in [1.807, 2.05) is 32.0 Å². The molecule has 6 heteroatoms. The Labute approximate surface area is 129 Å². The van der Waals surface area contributed by atoms with E-state index in [0.29, 0.717) is 12.0 Å². The number of benzene rings is 1. The summed E-state index contributed by atoms with van der Waals surface area (Å²) < 4.78 is 27.2. The summed E-state index contributed by atoms with van der Waals surface area (Å²) in [5, 5.41) is 8.84. The van der Waals surface area contributed by atoms with Crippen LogP contribution in [0.2, 0.25) is 0 Å². The molecule has 0 spiro atoms. The molecule has 1 aromatic carbocycles. The molecule has 0 bridgehead atoms. The molecule has 4 nitrogen and oxygen atoms in total. The highest BCUT2D eigenvalue weighted by molar-refractivity contribution is 7.89.